The topological polar surface area (TPSA) is 62.5 Å². The van der Waals surface area contributed by atoms with Crippen LogP contribution >= 0.6 is 11.3 Å². The van der Waals surface area contributed by atoms with Gasteiger partial charge in [-0.3, -0.25) is 0 Å². The quantitative estimate of drug-likeness (QED) is 0.840. The Morgan fingerprint density at radius 1 is 1.21 bits per heavy atom. The maximum atomic E-state index is 8.64. The number of aromatic nitrogens is 3. The number of thiazole rings is 1. The number of hydrogen-bond acceptors (Lipinski definition) is 5. The van der Waals surface area contributed by atoms with Gasteiger partial charge < -0.3 is 0 Å². The van der Waals surface area contributed by atoms with E-state index in [9.17, 15) is 0 Å². The van der Waals surface area contributed by atoms with Crippen LogP contribution in [0.25, 0.3) is 12.2 Å². The van der Waals surface area contributed by atoms with E-state index in [-0.39, 0.29) is 5.41 Å². The number of nitrogens with zero attached hydrogens (tertiary/aromatic N) is 4. The predicted octanol–water partition coefficient (Wildman–Crippen LogP) is 3.27. The molecule has 0 amide bonds. The number of hydrogen-bond donors (Lipinski definition) is 0. The van der Waals surface area contributed by atoms with Crippen LogP contribution in [0.15, 0.2) is 18.3 Å². The predicted molar refractivity (Wildman–Crippen MR) is 76.5 cm³/mol. The molecule has 0 unspecified atom stereocenters. The van der Waals surface area contributed by atoms with Crippen molar-refractivity contribution in [2.24, 2.45) is 0 Å². The molecule has 0 aliphatic heterocycles. The van der Waals surface area contributed by atoms with E-state index in [0.717, 1.165) is 15.6 Å². The molecule has 4 nitrogen and oxygen atoms in total. The molecule has 2 aromatic rings. The van der Waals surface area contributed by atoms with Crippen molar-refractivity contribution in [3.8, 4) is 6.07 Å². The smallest absolute Gasteiger partial charge is 0.163 e. The molecule has 0 saturated carbocycles. The van der Waals surface area contributed by atoms with E-state index in [1.165, 1.54) is 0 Å². The molecule has 2 aromatic heterocycles. The molecule has 0 N–H and O–H groups in total. The third-order valence-electron chi connectivity index (χ3n) is 2.38. The lowest BCUT2D eigenvalue weighted by Crippen LogP contribution is -2.09. The van der Waals surface area contributed by atoms with Crippen molar-refractivity contribution in [1.29, 1.82) is 5.26 Å². The summed E-state index contributed by atoms with van der Waals surface area (Å²) in [7, 11) is 0. The molecule has 0 fully saturated rings. The summed E-state index contributed by atoms with van der Waals surface area (Å²) in [6.07, 6.45) is 5.69. The molecule has 5 heteroatoms. The Labute approximate surface area is 116 Å². The first-order chi connectivity index (χ1) is 8.99. The maximum Gasteiger partial charge on any atom is 0.163 e. The van der Waals surface area contributed by atoms with Crippen molar-refractivity contribution in [3.05, 3.63) is 39.6 Å². The summed E-state index contributed by atoms with van der Waals surface area (Å²) < 4.78 is 0. The Bertz CT molecular complexity index is 627. The van der Waals surface area contributed by atoms with Gasteiger partial charge in [-0.15, -0.1) is 21.5 Å². The van der Waals surface area contributed by atoms with E-state index in [2.05, 4.69) is 36.0 Å². The first-order valence-corrected chi connectivity index (χ1v) is 6.69. The maximum absolute atomic E-state index is 8.64. The second-order valence-corrected chi connectivity index (χ2v) is 6.17. The van der Waals surface area contributed by atoms with E-state index >= 15 is 0 Å². The molecule has 0 bridgehead atoms. The average molecular weight is 270 g/mol. The van der Waals surface area contributed by atoms with E-state index in [1.54, 1.807) is 23.5 Å². The lowest BCUT2D eigenvalue weighted by Gasteiger charge is -2.13. The lowest BCUT2D eigenvalue weighted by atomic mass is 9.98. The summed E-state index contributed by atoms with van der Waals surface area (Å²) in [4.78, 5) is 5.50. The Balaban J connectivity index is 2.14. The molecule has 0 radical (unpaired) electrons. The highest BCUT2D eigenvalue weighted by molar-refractivity contribution is 7.12. The minimum atomic E-state index is 0.0744. The summed E-state index contributed by atoms with van der Waals surface area (Å²) in [6, 6.07) is 5.37. The monoisotopic (exact) mass is 270 g/mol. The van der Waals surface area contributed by atoms with Gasteiger partial charge in [-0.05, 0) is 24.3 Å². The van der Waals surface area contributed by atoms with Crippen LogP contribution in [0.1, 0.15) is 42.0 Å². The highest BCUT2D eigenvalue weighted by Gasteiger charge is 2.17. The molecule has 2 rings (SSSR count). The van der Waals surface area contributed by atoms with Crippen LogP contribution in [-0.4, -0.2) is 15.2 Å². The van der Waals surface area contributed by atoms with Crippen molar-refractivity contribution in [2.75, 3.05) is 0 Å². The highest BCUT2D eigenvalue weighted by atomic mass is 32.1. The normalized spacial score (nSPS) is 11.7. The molecule has 2 heterocycles. The Hall–Kier alpha value is -2.06. The van der Waals surface area contributed by atoms with Crippen molar-refractivity contribution < 1.29 is 0 Å². The largest absolute Gasteiger partial charge is 0.248 e. The lowest BCUT2D eigenvalue weighted by molar-refractivity contribution is 0.585. The number of rotatable bonds is 2. The van der Waals surface area contributed by atoms with Gasteiger partial charge in [0.25, 0.3) is 0 Å². The Morgan fingerprint density at radius 3 is 2.53 bits per heavy atom. The van der Waals surface area contributed by atoms with Crippen LogP contribution in [-0.2, 0) is 5.41 Å². The standard InChI is InChI=1S/C14H14N4S/c1-14(2,3)13-16-9-12(19-13)7-6-10-4-5-11(8-15)18-17-10/h4-7,9H,1-3H3/b7-6+. The van der Waals surface area contributed by atoms with Crippen molar-refractivity contribution in [1.82, 2.24) is 15.2 Å². The van der Waals surface area contributed by atoms with Crippen LogP contribution in [0.3, 0.4) is 0 Å². The molecular formula is C14H14N4S. The Kier molecular flexibility index (Phi) is 3.72. The van der Waals surface area contributed by atoms with Crippen LogP contribution < -0.4 is 0 Å². The molecule has 19 heavy (non-hydrogen) atoms. The van der Waals surface area contributed by atoms with Gasteiger partial charge in [-0.25, -0.2) is 4.98 Å². The van der Waals surface area contributed by atoms with Gasteiger partial charge in [-0.1, -0.05) is 20.8 Å². The third kappa shape index (κ3) is 3.46. The minimum Gasteiger partial charge on any atom is -0.248 e. The molecule has 0 aromatic carbocycles. The van der Waals surface area contributed by atoms with E-state index in [0.29, 0.717) is 5.69 Å². The fraction of sp³-hybridized carbons (Fsp3) is 0.286. The summed E-state index contributed by atoms with van der Waals surface area (Å²) in [6.45, 7) is 6.43. The molecule has 96 valence electrons. The number of nitriles is 1. The molecule has 0 saturated heterocycles. The van der Waals surface area contributed by atoms with Crippen LogP contribution in [0.2, 0.25) is 0 Å². The van der Waals surface area contributed by atoms with Gasteiger partial charge in [0.15, 0.2) is 5.69 Å². The van der Waals surface area contributed by atoms with E-state index in [1.807, 2.05) is 24.4 Å². The summed E-state index contributed by atoms with van der Waals surface area (Å²) in [5.74, 6) is 0. The summed E-state index contributed by atoms with van der Waals surface area (Å²) >= 11 is 1.67. The van der Waals surface area contributed by atoms with Crippen LogP contribution in [0.4, 0.5) is 0 Å². The third-order valence-corrected chi connectivity index (χ3v) is 3.77. The first kappa shape index (κ1) is 13.4. The highest BCUT2D eigenvalue weighted by Crippen LogP contribution is 2.27. The summed E-state index contributed by atoms with van der Waals surface area (Å²) in [5, 5.41) is 17.5. The van der Waals surface area contributed by atoms with Gasteiger partial charge in [0.1, 0.15) is 6.07 Å². The van der Waals surface area contributed by atoms with Gasteiger partial charge in [0, 0.05) is 16.5 Å². The fourth-order valence-electron chi connectivity index (χ4n) is 1.37. The van der Waals surface area contributed by atoms with Crippen LogP contribution in [0.5, 0.6) is 0 Å². The second-order valence-electron chi connectivity index (χ2n) is 5.11. The van der Waals surface area contributed by atoms with Gasteiger partial charge in [0.2, 0.25) is 0 Å². The van der Waals surface area contributed by atoms with Gasteiger partial charge >= 0.3 is 0 Å². The van der Waals surface area contributed by atoms with Crippen molar-refractivity contribution in [2.45, 2.75) is 26.2 Å². The minimum absolute atomic E-state index is 0.0744. The molecule has 0 aliphatic carbocycles. The van der Waals surface area contributed by atoms with Gasteiger partial charge in [0.05, 0.1) is 10.7 Å². The zero-order valence-electron chi connectivity index (χ0n) is 11.1. The zero-order chi connectivity index (χ0) is 13.9. The van der Waals surface area contributed by atoms with Crippen LogP contribution in [0, 0.1) is 11.3 Å². The average Bonchev–Trinajstić information content (AvgIpc) is 2.86. The SMILES string of the molecule is CC(C)(C)c1ncc(/C=C/c2ccc(C#N)nn2)s1. The fourth-order valence-corrected chi connectivity index (χ4v) is 2.25. The molecular weight excluding hydrogens is 256 g/mol. The molecule has 0 aliphatic rings. The van der Waals surface area contributed by atoms with Gasteiger partial charge in [-0.2, -0.15) is 5.26 Å². The Morgan fingerprint density at radius 2 is 2.00 bits per heavy atom. The zero-order valence-corrected chi connectivity index (χ0v) is 11.9. The molecule has 0 spiro atoms. The first-order valence-electron chi connectivity index (χ1n) is 5.87. The van der Waals surface area contributed by atoms with E-state index < -0.39 is 0 Å². The summed E-state index contributed by atoms with van der Waals surface area (Å²) in [5.41, 5.74) is 1.13. The molecule has 0 atom stereocenters. The second kappa shape index (κ2) is 5.29. The van der Waals surface area contributed by atoms with Crippen molar-refractivity contribution >= 4 is 23.5 Å². The van der Waals surface area contributed by atoms with Crippen molar-refractivity contribution in [3.63, 3.8) is 0 Å². The van der Waals surface area contributed by atoms with E-state index in [4.69, 9.17) is 5.26 Å².